The Hall–Kier alpha value is -3.71. The number of H-pyrrole nitrogens is 1. The van der Waals surface area contributed by atoms with Crippen molar-refractivity contribution >= 4 is 38.2 Å². The van der Waals surface area contributed by atoms with Gasteiger partial charge in [-0.05, 0) is 61.0 Å². The Morgan fingerprint density at radius 2 is 1.79 bits per heavy atom. The quantitative estimate of drug-likeness (QED) is 0.357. The monoisotopic (exact) mass is 492 g/mol. The van der Waals surface area contributed by atoms with Crippen molar-refractivity contribution < 1.29 is 18.3 Å². The lowest BCUT2D eigenvalue weighted by atomic mass is 10.1. The number of aryl methyl sites for hydroxylation is 1. The van der Waals surface area contributed by atoms with Gasteiger partial charge in [0.1, 0.15) is 10.3 Å². The Bertz CT molecular complexity index is 1590. The van der Waals surface area contributed by atoms with Crippen molar-refractivity contribution in [1.29, 1.82) is 0 Å². The highest BCUT2D eigenvalue weighted by atomic mass is 32.2. The second-order valence-electron chi connectivity index (χ2n) is 7.66. The number of carbonyl (C=O) groups is 1. The summed E-state index contributed by atoms with van der Waals surface area (Å²) >= 11 is 0.969. The van der Waals surface area contributed by atoms with Crippen molar-refractivity contribution in [3.8, 4) is 11.8 Å². The fourth-order valence-corrected chi connectivity index (χ4v) is 5.70. The molecule has 1 unspecified atom stereocenters. The third kappa shape index (κ3) is 5.43. The molecule has 3 N–H and O–H groups in total. The Kier molecular flexibility index (Phi) is 6.65. The van der Waals surface area contributed by atoms with Gasteiger partial charge in [0.25, 0.3) is 10.0 Å². The number of carboxylic acids is 1. The molecule has 9 heteroatoms. The van der Waals surface area contributed by atoms with E-state index in [0.29, 0.717) is 21.3 Å². The first-order valence-corrected chi connectivity index (χ1v) is 12.6. The fourth-order valence-electron chi connectivity index (χ4n) is 3.33. The molecule has 0 bridgehead atoms. The summed E-state index contributed by atoms with van der Waals surface area (Å²) in [5.41, 5.74) is 2.97. The predicted octanol–water partition coefficient (Wildman–Crippen LogP) is 3.27. The molecular formula is C25H20N2O5S2. The van der Waals surface area contributed by atoms with E-state index in [-0.39, 0.29) is 16.1 Å². The van der Waals surface area contributed by atoms with Crippen molar-refractivity contribution in [2.24, 2.45) is 0 Å². The van der Waals surface area contributed by atoms with Gasteiger partial charge in [0.05, 0.1) is 4.88 Å². The number of sulfonamides is 1. The van der Waals surface area contributed by atoms with Gasteiger partial charge in [0, 0.05) is 29.1 Å². The lowest BCUT2D eigenvalue weighted by molar-refractivity contribution is -0.138. The van der Waals surface area contributed by atoms with Crippen molar-refractivity contribution in [3.05, 3.63) is 98.7 Å². The molecule has 0 radical (unpaired) electrons. The summed E-state index contributed by atoms with van der Waals surface area (Å²) in [6, 6.07) is 15.2. The van der Waals surface area contributed by atoms with Crippen LogP contribution in [0.4, 0.5) is 0 Å². The zero-order chi connectivity index (χ0) is 24.3. The first-order chi connectivity index (χ1) is 16.2. The van der Waals surface area contributed by atoms with Crippen LogP contribution < -0.4 is 10.2 Å². The van der Waals surface area contributed by atoms with Crippen LogP contribution in [-0.4, -0.2) is 30.5 Å². The topological polar surface area (TPSA) is 116 Å². The fraction of sp³-hybridized carbons (Fsp3) is 0.120. The molecule has 0 fully saturated rings. The molecule has 0 saturated heterocycles. The van der Waals surface area contributed by atoms with Gasteiger partial charge in [-0.25, -0.2) is 8.42 Å². The molecule has 0 aliphatic carbocycles. The zero-order valence-corrected chi connectivity index (χ0v) is 19.7. The molecule has 0 amide bonds. The minimum absolute atomic E-state index is 0.0201. The number of aromatic nitrogens is 1. The van der Waals surface area contributed by atoms with E-state index in [4.69, 9.17) is 0 Å². The minimum atomic E-state index is -4.09. The van der Waals surface area contributed by atoms with Crippen LogP contribution in [-0.2, 0) is 21.2 Å². The van der Waals surface area contributed by atoms with Crippen LogP contribution in [0.1, 0.15) is 21.6 Å². The summed E-state index contributed by atoms with van der Waals surface area (Å²) in [5, 5.41) is 10.3. The molecular weight excluding hydrogens is 472 g/mol. The maximum atomic E-state index is 12.9. The number of fused-ring (bicyclic) bond motifs is 1. The Labute approximate surface area is 200 Å². The molecule has 0 spiro atoms. The van der Waals surface area contributed by atoms with Crippen molar-refractivity contribution in [2.45, 2.75) is 23.6 Å². The first-order valence-electron chi connectivity index (χ1n) is 10.3. The predicted molar refractivity (Wildman–Crippen MR) is 131 cm³/mol. The number of carboxylic acid groups (broad SMARTS) is 1. The van der Waals surface area contributed by atoms with Gasteiger partial charge in [0.2, 0.25) is 0 Å². The highest BCUT2D eigenvalue weighted by molar-refractivity contribution is 7.91. The van der Waals surface area contributed by atoms with Gasteiger partial charge < -0.3 is 10.1 Å². The SMILES string of the molecule is Cc1ccc(C#Cc2ccc(S(=O)(=O)NC(Cc3c[nH]c4ccc(=O)ccc34)C(=O)O)s2)cc1. The third-order valence-corrected chi connectivity index (χ3v) is 8.08. The molecule has 34 heavy (non-hydrogen) atoms. The van der Waals surface area contributed by atoms with Crippen molar-refractivity contribution in [1.82, 2.24) is 9.71 Å². The first kappa shape index (κ1) is 23.4. The molecule has 1 atom stereocenters. The average Bonchev–Trinajstić information content (AvgIpc) is 3.38. The molecule has 2 heterocycles. The van der Waals surface area contributed by atoms with Crippen LogP contribution in [0.3, 0.4) is 0 Å². The van der Waals surface area contributed by atoms with Gasteiger partial charge in [-0.1, -0.05) is 29.5 Å². The largest absolute Gasteiger partial charge is 0.480 e. The minimum Gasteiger partial charge on any atom is -0.480 e. The standard InChI is InChI=1S/C25H20N2O5S2/c1-16-2-4-17(5-3-16)6-9-20-10-13-24(33-20)34(31,32)27-23(25(29)30)14-18-15-26-22-12-8-19(28)7-11-21(18)22/h2-5,7-8,10-13,15,23,26-27H,14H2,1H3,(H,29,30). The number of aliphatic carboxylic acids is 1. The highest BCUT2D eigenvalue weighted by Crippen LogP contribution is 2.23. The maximum absolute atomic E-state index is 12.9. The molecule has 2 aromatic carbocycles. The van der Waals surface area contributed by atoms with Gasteiger partial charge in [-0.15, -0.1) is 11.3 Å². The summed E-state index contributed by atoms with van der Waals surface area (Å²) in [4.78, 5) is 27.0. The maximum Gasteiger partial charge on any atom is 0.322 e. The van der Waals surface area contributed by atoms with Crippen molar-refractivity contribution in [3.63, 3.8) is 0 Å². The Morgan fingerprint density at radius 1 is 1.06 bits per heavy atom. The van der Waals surface area contributed by atoms with Crippen LogP contribution in [0.25, 0.3) is 10.9 Å². The van der Waals surface area contributed by atoms with Gasteiger partial charge in [-0.2, -0.15) is 4.72 Å². The number of aromatic amines is 1. The lowest BCUT2D eigenvalue weighted by Gasteiger charge is -2.13. The van der Waals surface area contributed by atoms with Crippen LogP contribution in [0.15, 0.2) is 75.9 Å². The highest BCUT2D eigenvalue weighted by Gasteiger charge is 2.27. The summed E-state index contributed by atoms with van der Waals surface area (Å²) in [5.74, 6) is 4.63. The molecule has 0 saturated carbocycles. The number of benzene rings is 1. The van der Waals surface area contributed by atoms with E-state index in [1.165, 1.54) is 18.2 Å². The summed E-state index contributed by atoms with van der Waals surface area (Å²) in [6.07, 6.45) is 1.52. The third-order valence-electron chi connectivity index (χ3n) is 5.11. The van der Waals surface area contributed by atoms with Crippen LogP contribution >= 0.6 is 11.3 Å². The summed E-state index contributed by atoms with van der Waals surface area (Å²) in [6.45, 7) is 1.98. The van der Waals surface area contributed by atoms with Crippen molar-refractivity contribution in [2.75, 3.05) is 0 Å². The van der Waals surface area contributed by atoms with E-state index in [9.17, 15) is 23.1 Å². The smallest absolute Gasteiger partial charge is 0.322 e. The molecule has 4 aromatic rings. The molecule has 2 aromatic heterocycles. The lowest BCUT2D eigenvalue weighted by Crippen LogP contribution is -2.41. The van der Waals surface area contributed by atoms with Crippen LogP contribution in [0, 0.1) is 18.8 Å². The van der Waals surface area contributed by atoms with E-state index in [2.05, 4.69) is 21.5 Å². The van der Waals surface area contributed by atoms with Crippen LogP contribution in [0.2, 0.25) is 0 Å². The molecule has 0 aliphatic heterocycles. The number of nitrogens with one attached hydrogen (secondary N) is 2. The second kappa shape index (κ2) is 9.65. The normalized spacial score (nSPS) is 12.1. The molecule has 7 nitrogen and oxygen atoms in total. The van der Waals surface area contributed by atoms with Gasteiger partial charge in [-0.3, -0.25) is 9.59 Å². The number of thiophene rings is 1. The average molecular weight is 493 g/mol. The molecule has 0 aliphatic rings. The van der Waals surface area contributed by atoms with Crippen LogP contribution in [0.5, 0.6) is 0 Å². The summed E-state index contributed by atoms with van der Waals surface area (Å²) in [7, 11) is -4.09. The second-order valence-corrected chi connectivity index (χ2v) is 10.7. The molecule has 4 rings (SSSR count). The number of rotatable bonds is 6. The van der Waals surface area contributed by atoms with E-state index < -0.39 is 22.0 Å². The Morgan fingerprint density at radius 3 is 2.53 bits per heavy atom. The van der Waals surface area contributed by atoms with Gasteiger partial charge in [0.15, 0.2) is 5.43 Å². The number of hydrogen-bond acceptors (Lipinski definition) is 5. The Balaban J connectivity index is 1.54. The molecule has 172 valence electrons. The zero-order valence-electron chi connectivity index (χ0n) is 18.0. The van der Waals surface area contributed by atoms with E-state index in [0.717, 1.165) is 22.5 Å². The van der Waals surface area contributed by atoms with Gasteiger partial charge >= 0.3 is 5.97 Å². The number of hydrogen-bond donors (Lipinski definition) is 3. The van der Waals surface area contributed by atoms with E-state index in [1.807, 2.05) is 31.2 Å². The van der Waals surface area contributed by atoms with E-state index >= 15 is 0 Å². The van der Waals surface area contributed by atoms with E-state index in [1.54, 1.807) is 24.4 Å². The summed E-state index contributed by atoms with van der Waals surface area (Å²) < 4.78 is 28.1.